The van der Waals surface area contributed by atoms with Gasteiger partial charge >= 0.3 is 0 Å². The third kappa shape index (κ3) is 4.36. The van der Waals surface area contributed by atoms with Gasteiger partial charge in [0.1, 0.15) is 17.2 Å². The maximum Gasteiger partial charge on any atom is 0.229 e. The second kappa shape index (κ2) is 8.65. The quantitative estimate of drug-likeness (QED) is 0.794. The highest BCUT2D eigenvalue weighted by atomic mass is 16.5. The molecule has 0 aromatic heterocycles. The van der Waals surface area contributed by atoms with Crippen molar-refractivity contribution in [2.75, 3.05) is 33.2 Å². The van der Waals surface area contributed by atoms with Gasteiger partial charge in [-0.05, 0) is 29.8 Å². The van der Waals surface area contributed by atoms with Crippen LogP contribution in [0.2, 0.25) is 0 Å². The summed E-state index contributed by atoms with van der Waals surface area (Å²) in [5.74, 6) is 1.27. The van der Waals surface area contributed by atoms with Crippen molar-refractivity contribution in [1.82, 2.24) is 4.90 Å². The third-order valence-electron chi connectivity index (χ3n) is 4.78. The molecule has 148 valence electrons. The zero-order valence-corrected chi connectivity index (χ0v) is 16.2. The monoisotopic (exact) mass is 384 g/mol. The van der Waals surface area contributed by atoms with Gasteiger partial charge in [0.15, 0.2) is 0 Å². The summed E-state index contributed by atoms with van der Waals surface area (Å²) < 4.78 is 15.6. The minimum Gasteiger partial charge on any atom is -0.497 e. The number of carbonyl (C=O) groups is 2. The van der Waals surface area contributed by atoms with E-state index in [4.69, 9.17) is 14.2 Å². The average molecular weight is 384 g/mol. The molecule has 0 bridgehead atoms. The number of nitrogens with one attached hydrogen (secondary N) is 1. The Morgan fingerprint density at radius 3 is 2.36 bits per heavy atom. The summed E-state index contributed by atoms with van der Waals surface area (Å²) in [6.45, 7) is 0.855. The maximum atomic E-state index is 12.7. The number of rotatable bonds is 7. The number of nitrogens with zero attached hydrogens (tertiary/aromatic N) is 1. The van der Waals surface area contributed by atoms with Crippen LogP contribution in [0.4, 0.5) is 5.69 Å². The van der Waals surface area contributed by atoms with Crippen LogP contribution in [0.5, 0.6) is 17.2 Å². The number of amides is 2. The molecule has 1 fully saturated rings. The molecule has 1 aliphatic rings. The zero-order valence-electron chi connectivity index (χ0n) is 16.2. The molecule has 1 heterocycles. The second-order valence-corrected chi connectivity index (χ2v) is 6.58. The van der Waals surface area contributed by atoms with Crippen LogP contribution >= 0.6 is 0 Å². The van der Waals surface area contributed by atoms with Crippen LogP contribution in [0.3, 0.4) is 0 Å². The number of hydrogen-bond acceptors (Lipinski definition) is 5. The highest BCUT2D eigenvalue weighted by Crippen LogP contribution is 2.30. The Hall–Kier alpha value is -3.22. The molecule has 2 aromatic carbocycles. The fraction of sp³-hybridized carbons (Fsp3) is 0.333. The smallest absolute Gasteiger partial charge is 0.229 e. The fourth-order valence-corrected chi connectivity index (χ4v) is 3.19. The summed E-state index contributed by atoms with van der Waals surface area (Å²) in [7, 11) is 4.70. The van der Waals surface area contributed by atoms with Gasteiger partial charge in [-0.15, -0.1) is 0 Å². The Morgan fingerprint density at radius 1 is 1.04 bits per heavy atom. The van der Waals surface area contributed by atoms with Crippen molar-refractivity contribution in [2.45, 2.75) is 13.0 Å². The molecule has 7 heteroatoms. The molecule has 7 nitrogen and oxygen atoms in total. The lowest BCUT2D eigenvalue weighted by atomic mass is 10.1. The molecule has 0 saturated carbocycles. The normalized spacial score (nSPS) is 16.0. The molecule has 0 aliphatic carbocycles. The molecule has 2 amide bonds. The van der Waals surface area contributed by atoms with E-state index in [1.54, 1.807) is 37.3 Å². The van der Waals surface area contributed by atoms with E-state index in [9.17, 15) is 9.59 Å². The number of likely N-dealkylation sites (tertiary alicyclic amines) is 1. The van der Waals surface area contributed by atoms with Gasteiger partial charge in [-0.2, -0.15) is 0 Å². The van der Waals surface area contributed by atoms with Crippen LogP contribution in [0, 0.1) is 5.92 Å². The van der Waals surface area contributed by atoms with E-state index < -0.39 is 5.92 Å². The van der Waals surface area contributed by atoms with E-state index in [-0.39, 0.29) is 18.2 Å². The largest absolute Gasteiger partial charge is 0.497 e. The Bertz CT molecular complexity index is 850. The van der Waals surface area contributed by atoms with E-state index in [0.29, 0.717) is 30.3 Å². The molecule has 1 atom stereocenters. The third-order valence-corrected chi connectivity index (χ3v) is 4.78. The number of anilines is 1. The first-order valence-corrected chi connectivity index (χ1v) is 8.97. The summed E-state index contributed by atoms with van der Waals surface area (Å²) >= 11 is 0. The van der Waals surface area contributed by atoms with Crippen molar-refractivity contribution in [3.8, 4) is 17.2 Å². The van der Waals surface area contributed by atoms with Crippen molar-refractivity contribution in [2.24, 2.45) is 5.92 Å². The van der Waals surface area contributed by atoms with E-state index in [0.717, 1.165) is 11.3 Å². The first-order chi connectivity index (χ1) is 13.5. The van der Waals surface area contributed by atoms with Crippen LogP contribution in [0.1, 0.15) is 12.0 Å². The molecule has 1 unspecified atom stereocenters. The molecule has 2 aromatic rings. The Balaban J connectivity index is 1.63. The number of hydrogen-bond donors (Lipinski definition) is 1. The number of benzene rings is 2. The Labute approximate surface area is 164 Å². The fourth-order valence-electron chi connectivity index (χ4n) is 3.19. The highest BCUT2D eigenvalue weighted by Gasteiger charge is 2.34. The summed E-state index contributed by atoms with van der Waals surface area (Å²) in [5.41, 5.74) is 1.54. The molecule has 3 rings (SSSR count). The van der Waals surface area contributed by atoms with E-state index in [1.807, 2.05) is 24.3 Å². The van der Waals surface area contributed by atoms with Crippen molar-refractivity contribution < 1.29 is 23.8 Å². The lowest BCUT2D eigenvalue weighted by molar-refractivity contribution is -0.128. The summed E-state index contributed by atoms with van der Waals surface area (Å²) in [6, 6.07) is 12.7. The second-order valence-electron chi connectivity index (χ2n) is 6.58. The van der Waals surface area contributed by atoms with Gasteiger partial charge in [0.2, 0.25) is 11.8 Å². The van der Waals surface area contributed by atoms with Crippen LogP contribution in [0.25, 0.3) is 0 Å². The number of methoxy groups -OCH3 is 3. The van der Waals surface area contributed by atoms with Gasteiger partial charge in [0.25, 0.3) is 0 Å². The van der Waals surface area contributed by atoms with Crippen molar-refractivity contribution >= 4 is 17.5 Å². The standard InChI is InChI=1S/C21H24N2O5/c1-26-16-6-4-14(5-7-16)12-23-13-15(10-20(23)24)21(25)22-18-9-8-17(27-2)11-19(18)28-3/h4-9,11,15H,10,12-13H2,1-3H3,(H,22,25). The van der Waals surface area contributed by atoms with Gasteiger partial charge in [0, 0.05) is 25.6 Å². The summed E-state index contributed by atoms with van der Waals surface area (Å²) in [5, 5.41) is 2.86. The SMILES string of the molecule is COc1ccc(CN2CC(C(=O)Nc3ccc(OC)cc3OC)CC2=O)cc1. The van der Waals surface area contributed by atoms with Crippen LogP contribution in [-0.2, 0) is 16.1 Å². The maximum absolute atomic E-state index is 12.7. The molecule has 1 aliphatic heterocycles. The van der Waals surface area contributed by atoms with Gasteiger partial charge in [-0.25, -0.2) is 0 Å². The topological polar surface area (TPSA) is 77.1 Å². The molecule has 0 spiro atoms. The Morgan fingerprint density at radius 2 is 1.71 bits per heavy atom. The number of carbonyl (C=O) groups excluding carboxylic acids is 2. The molecular weight excluding hydrogens is 360 g/mol. The van der Waals surface area contributed by atoms with Crippen molar-refractivity contribution in [1.29, 1.82) is 0 Å². The van der Waals surface area contributed by atoms with Crippen LogP contribution in [-0.4, -0.2) is 44.6 Å². The van der Waals surface area contributed by atoms with E-state index in [1.165, 1.54) is 7.11 Å². The van der Waals surface area contributed by atoms with Crippen LogP contribution in [0.15, 0.2) is 42.5 Å². The van der Waals surface area contributed by atoms with Gasteiger partial charge in [-0.3, -0.25) is 9.59 Å². The average Bonchev–Trinajstić information content (AvgIpc) is 3.09. The number of ether oxygens (including phenoxy) is 3. The predicted molar refractivity (Wildman–Crippen MR) is 105 cm³/mol. The lowest BCUT2D eigenvalue weighted by Gasteiger charge is -2.17. The predicted octanol–water partition coefficient (Wildman–Crippen LogP) is 2.70. The van der Waals surface area contributed by atoms with Crippen molar-refractivity contribution in [3.05, 3.63) is 48.0 Å². The molecule has 0 radical (unpaired) electrons. The summed E-state index contributed by atoms with van der Waals surface area (Å²) in [6.07, 6.45) is 0.195. The lowest BCUT2D eigenvalue weighted by Crippen LogP contribution is -2.28. The zero-order chi connectivity index (χ0) is 20.1. The molecule has 28 heavy (non-hydrogen) atoms. The summed E-state index contributed by atoms with van der Waals surface area (Å²) in [4.78, 5) is 26.7. The minimum absolute atomic E-state index is 0.0299. The van der Waals surface area contributed by atoms with Crippen molar-refractivity contribution in [3.63, 3.8) is 0 Å². The van der Waals surface area contributed by atoms with E-state index in [2.05, 4.69) is 5.32 Å². The molecule has 1 N–H and O–H groups in total. The van der Waals surface area contributed by atoms with Gasteiger partial charge in [-0.1, -0.05) is 12.1 Å². The molecule has 1 saturated heterocycles. The molecular formula is C21H24N2O5. The van der Waals surface area contributed by atoms with Gasteiger partial charge < -0.3 is 24.4 Å². The van der Waals surface area contributed by atoms with E-state index >= 15 is 0 Å². The minimum atomic E-state index is -0.405. The Kier molecular flexibility index (Phi) is 6.03. The first-order valence-electron chi connectivity index (χ1n) is 8.97. The highest BCUT2D eigenvalue weighted by molar-refractivity contribution is 5.98. The first kappa shape index (κ1) is 19.5. The van der Waals surface area contributed by atoms with Gasteiger partial charge in [0.05, 0.1) is 32.9 Å². The van der Waals surface area contributed by atoms with Crippen LogP contribution < -0.4 is 19.5 Å².